The molecule has 84 valence electrons. The van der Waals surface area contributed by atoms with Gasteiger partial charge in [0.2, 0.25) is 5.95 Å². The molecule has 0 saturated carbocycles. The number of aliphatic carboxylic acids is 1. The van der Waals surface area contributed by atoms with E-state index in [0.29, 0.717) is 0 Å². The minimum Gasteiger partial charge on any atom is -0.481 e. The number of aromatic amines is 1. The number of hydrogen-bond donors (Lipinski definition) is 2. The van der Waals surface area contributed by atoms with Gasteiger partial charge in [-0.15, -0.1) is 0 Å². The van der Waals surface area contributed by atoms with Gasteiger partial charge >= 0.3 is 5.97 Å². The van der Waals surface area contributed by atoms with E-state index in [2.05, 4.69) is 9.97 Å². The van der Waals surface area contributed by atoms with Crippen LogP contribution in [0.25, 0.3) is 11.0 Å². The van der Waals surface area contributed by atoms with Crippen molar-refractivity contribution in [2.24, 2.45) is 0 Å². The Morgan fingerprint density at radius 2 is 2.25 bits per heavy atom. The molecule has 0 fully saturated rings. The topological polar surface area (TPSA) is 69.2 Å². The van der Waals surface area contributed by atoms with Crippen LogP contribution in [-0.4, -0.2) is 35.1 Å². The Kier molecular flexibility index (Phi) is 2.52. The van der Waals surface area contributed by atoms with Crippen LogP contribution in [0.3, 0.4) is 0 Å². The molecule has 0 unspecified atom stereocenters. The molecule has 0 spiro atoms. The molecule has 5 heteroatoms. The zero-order valence-corrected chi connectivity index (χ0v) is 9.19. The van der Waals surface area contributed by atoms with Gasteiger partial charge in [0.1, 0.15) is 0 Å². The first-order chi connectivity index (χ1) is 7.56. The fourth-order valence-electron chi connectivity index (χ4n) is 1.54. The van der Waals surface area contributed by atoms with Crippen LogP contribution in [0.5, 0.6) is 0 Å². The Morgan fingerprint density at radius 3 is 2.88 bits per heavy atom. The van der Waals surface area contributed by atoms with Crippen LogP contribution in [0.15, 0.2) is 18.2 Å². The Bertz CT molecular complexity index is 531. The molecule has 16 heavy (non-hydrogen) atoms. The van der Waals surface area contributed by atoms with E-state index in [9.17, 15) is 4.79 Å². The number of hydrogen-bond acceptors (Lipinski definition) is 3. The maximum Gasteiger partial charge on any atom is 0.307 e. The van der Waals surface area contributed by atoms with E-state index in [4.69, 9.17) is 5.11 Å². The van der Waals surface area contributed by atoms with Crippen LogP contribution in [-0.2, 0) is 11.2 Å². The number of imidazole rings is 1. The van der Waals surface area contributed by atoms with Crippen molar-refractivity contribution >= 4 is 23.0 Å². The number of anilines is 1. The van der Waals surface area contributed by atoms with E-state index in [1.807, 2.05) is 31.1 Å². The number of nitrogens with one attached hydrogen (secondary N) is 1. The quantitative estimate of drug-likeness (QED) is 0.815. The van der Waals surface area contributed by atoms with Crippen LogP contribution >= 0.6 is 0 Å². The summed E-state index contributed by atoms with van der Waals surface area (Å²) in [4.78, 5) is 19.9. The lowest BCUT2D eigenvalue weighted by molar-refractivity contribution is -0.136. The van der Waals surface area contributed by atoms with E-state index in [1.165, 1.54) is 0 Å². The third-order valence-corrected chi connectivity index (χ3v) is 2.31. The zero-order valence-electron chi connectivity index (χ0n) is 9.19. The second kappa shape index (κ2) is 3.84. The molecule has 0 aliphatic rings. The van der Waals surface area contributed by atoms with Gasteiger partial charge in [-0.3, -0.25) is 4.79 Å². The molecule has 5 nitrogen and oxygen atoms in total. The molecule has 0 aliphatic heterocycles. The van der Waals surface area contributed by atoms with Crippen molar-refractivity contribution in [3.63, 3.8) is 0 Å². The van der Waals surface area contributed by atoms with Gasteiger partial charge in [0.15, 0.2) is 0 Å². The van der Waals surface area contributed by atoms with Crippen molar-refractivity contribution in [3.05, 3.63) is 23.8 Å². The number of nitrogens with zero attached hydrogens (tertiary/aromatic N) is 2. The number of carboxylic acids is 1. The van der Waals surface area contributed by atoms with E-state index in [0.717, 1.165) is 22.5 Å². The average molecular weight is 219 g/mol. The van der Waals surface area contributed by atoms with Gasteiger partial charge in [-0.1, -0.05) is 6.07 Å². The SMILES string of the molecule is CN(C)c1nc2ccc(CC(=O)O)cc2[nH]1. The highest BCUT2D eigenvalue weighted by molar-refractivity contribution is 5.80. The lowest BCUT2D eigenvalue weighted by Crippen LogP contribution is -2.09. The molecule has 0 amide bonds. The summed E-state index contributed by atoms with van der Waals surface area (Å²) in [7, 11) is 3.80. The third kappa shape index (κ3) is 1.98. The Morgan fingerprint density at radius 1 is 1.50 bits per heavy atom. The maximum atomic E-state index is 10.6. The third-order valence-electron chi connectivity index (χ3n) is 2.31. The fourth-order valence-corrected chi connectivity index (χ4v) is 1.54. The van der Waals surface area contributed by atoms with Gasteiger partial charge in [-0.25, -0.2) is 4.98 Å². The maximum absolute atomic E-state index is 10.6. The Hall–Kier alpha value is -2.04. The minimum atomic E-state index is -0.827. The summed E-state index contributed by atoms with van der Waals surface area (Å²) in [5.41, 5.74) is 2.48. The summed E-state index contributed by atoms with van der Waals surface area (Å²) in [6.07, 6.45) is 0.0340. The van der Waals surface area contributed by atoms with E-state index < -0.39 is 5.97 Å². The van der Waals surface area contributed by atoms with Crippen LogP contribution in [0.4, 0.5) is 5.95 Å². The van der Waals surface area contributed by atoms with E-state index in [-0.39, 0.29) is 6.42 Å². The monoisotopic (exact) mass is 219 g/mol. The van der Waals surface area contributed by atoms with Crippen molar-refractivity contribution in [1.82, 2.24) is 9.97 Å². The molecule has 0 atom stereocenters. The largest absolute Gasteiger partial charge is 0.481 e. The van der Waals surface area contributed by atoms with Crippen LogP contribution in [0, 0.1) is 0 Å². The summed E-state index contributed by atoms with van der Waals surface area (Å²) in [5.74, 6) is -0.0610. The first kappa shape index (κ1) is 10.5. The minimum absolute atomic E-state index is 0.0340. The summed E-state index contributed by atoms with van der Waals surface area (Å²) >= 11 is 0. The molecule has 2 N–H and O–H groups in total. The standard InChI is InChI=1S/C11H13N3O2/c1-14(2)11-12-8-4-3-7(6-10(15)16)5-9(8)13-11/h3-5H,6H2,1-2H3,(H,12,13)(H,15,16). The van der Waals surface area contributed by atoms with E-state index >= 15 is 0 Å². The van der Waals surface area contributed by atoms with Gasteiger partial charge in [0, 0.05) is 14.1 Å². The van der Waals surface area contributed by atoms with Gasteiger partial charge in [0.25, 0.3) is 0 Å². The lowest BCUT2D eigenvalue weighted by Gasteiger charge is -2.05. The molecule has 0 saturated heterocycles. The number of carboxylic acid groups (broad SMARTS) is 1. The van der Waals surface area contributed by atoms with Crippen LogP contribution in [0.2, 0.25) is 0 Å². The Balaban J connectivity index is 2.41. The zero-order chi connectivity index (χ0) is 11.7. The molecule has 0 radical (unpaired) electrons. The summed E-state index contributed by atoms with van der Waals surface area (Å²) in [6, 6.07) is 5.44. The number of aromatic nitrogens is 2. The van der Waals surface area contributed by atoms with Crippen LogP contribution < -0.4 is 4.90 Å². The number of carbonyl (C=O) groups is 1. The number of benzene rings is 1. The highest BCUT2D eigenvalue weighted by Gasteiger charge is 2.06. The van der Waals surface area contributed by atoms with Gasteiger partial charge < -0.3 is 15.0 Å². The van der Waals surface area contributed by atoms with E-state index in [1.54, 1.807) is 6.07 Å². The first-order valence-electron chi connectivity index (χ1n) is 4.94. The van der Waals surface area contributed by atoms with Crippen molar-refractivity contribution in [3.8, 4) is 0 Å². The predicted octanol–water partition coefficient (Wildman–Crippen LogP) is 1.26. The summed E-state index contributed by atoms with van der Waals surface area (Å²) in [6.45, 7) is 0. The number of rotatable bonds is 3. The fraction of sp³-hybridized carbons (Fsp3) is 0.273. The van der Waals surface area contributed by atoms with Crippen molar-refractivity contribution in [2.75, 3.05) is 19.0 Å². The van der Waals surface area contributed by atoms with Crippen LogP contribution in [0.1, 0.15) is 5.56 Å². The summed E-state index contributed by atoms with van der Waals surface area (Å²) < 4.78 is 0. The average Bonchev–Trinajstić information content (AvgIpc) is 2.59. The molecule has 2 aromatic rings. The van der Waals surface area contributed by atoms with Gasteiger partial charge in [-0.2, -0.15) is 0 Å². The molecule has 1 aromatic carbocycles. The number of H-pyrrole nitrogens is 1. The van der Waals surface area contributed by atoms with Gasteiger partial charge in [0.05, 0.1) is 17.5 Å². The highest BCUT2D eigenvalue weighted by Crippen LogP contribution is 2.17. The van der Waals surface area contributed by atoms with Crippen molar-refractivity contribution < 1.29 is 9.90 Å². The molecular weight excluding hydrogens is 206 g/mol. The molecule has 2 rings (SSSR count). The smallest absolute Gasteiger partial charge is 0.307 e. The normalized spacial score (nSPS) is 10.6. The molecule has 1 aromatic heterocycles. The first-order valence-corrected chi connectivity index (χ1v) is 4.94. The summed E-state index contributed by atoms with van der Waals surface area (Å²) in [5, 5.41) is 8.70. The van der Waals surface area contributed by atoms with Crippen molar-refractivity contribution in [1.29, 1.82) is 0 Å². The molecular formula is C11H13N3O2. The Labute approximate surface area is 92.7 Å². The highest BCUT2D eigenvalue weighted by atomic mass is 16.4. The molecule has 0 bridgehead atoms. The molecule has 0 aliphatic carbocycles. The second-order valence-electron chi connectivity index (χ2n) is 3.88. The second-order valence-corrected chi connectivity index (χ2v) is 3.88. The van der Waals surface area contributed by atoms with Crippen molar-refractivity contribution in [2.45, 2.75) is 6.42 Å². The number of fused-ring (bicyclic) bond motifs is 1. The molecule has 1 heterocycles. The van der Waals surface area contributed by atoms with Gasteiger partial charge in [-0.05, 0) is 17.7 Å². The predicted molar refractivity (Wildman–Crippen MR) is 61.8 cm³/mol. The lowest BCUT2D eigenvalue weighted by atomic mass is 10.1.